The Morgan fingerprint density at radius 3 is 2.85 bits per heavy atom. The zero-order valence-electron chi connectivity index (χ0n) is 22.8. The largest absolute Gasteiger partial charge is 0.489 e. The third-order valence-corrected chi connectivity index (χ3v) is 7.21. The SMILES string of the molecule is CCNC(=O)C[C@@H]1CCN2C[C@@H]1/C=C/COc1ccc(N(C)CCc3ccccn3)cc1CNCC2=O.Cl.Cl. The van der Waals surface area contributed by atoms with Crippen molar-refractivity contribution in [1.82, 2.24) is 20.5 Å². The van der Waals surface area contributed by atoms with Gasteiger partial charge in [-0.3, -0.25) is 14.6 Å². The summed E-state index contributed by atoms with van der Waals surface area (Å²) in [5, 5.41) is 6.24. The first-order chi connectivity index (χ1) is 18.0. The minimum Gasteiger partial charge on any atom is -0.489 e. The Morgan fingerprint density at radius 2 is 2.08 bits per heavy atom. The second-order valence-corrected chi connectivity index (χ2v) is 9.84. The van der Waals surface area contributed by atoms with E-state index in [1.54, 1.807) is 0 Å². The van der Waals surface area contributed by atoms with E-state index in [0.29, 0.717) is 39.2 Å². The average Bonchev–Trinajstić information content (AvgIpc) is 2.92. The number of hydrogen-bond donors (Lipinski definition) is 2. The van der Waals surface area contributed by atoms with E-state index >= 15 is 0 Å². The number of piperidine rings is 1. The number of halogens is 2. The van der Waals surface area contributed by atoms with Gasteiger partial charge < -0.3 is 25.2 Å². The lowest BCUT2D eigenvalue weighted by Gasteiger charge is -2.37. The van der Waals surface area contributed by atoms with E-state index in [-0.39, 0.29) is 55.0 Å². The molecule has 1 aromatic carbocycles. The number of hydrogen-bond acceptors (Lipinski definition) is 6. The highest BCUT2D eigenvalue weighted by Crippen LogP contribution is 2.29. The molecule has 3 heterocycles. The van der Waals surface area contributed by atoms with Gasteiger partial charge in [-0.05, 0) is 55.5 Å². The van der Waals surface area contributed by atoms with Crippen molar-refractivity contribution < 1.29 is 14.3 Å². The minimum atomic E-state index is 0. The lowest BCUT2D eigenvalue weighted by Crippen LogP contribution is -2.47. The molecule has 1 aromatic heterocycles. The van der Waals surface area contributed by atoms with Crippen molar-refractivity contribution in [1.29, 1.82) is 0 Å². The summed E-state index contributed by atoms with van der Waals surface area (Å²) >= 11 is 0. The second-order valence-electron chi connectivity index (χ2n) is 9.84. The highest BCUT2D eigenvalue weighted by molar-refractivity contribution is 5.85. The van der Waals surface area contributed by atoms with Crippen LogP contribution in [0.25, 0.3) is 0 Å². The molecule has 2 aliphatic heterocycles. The number of nitrogens with zero attached hydrogens (tertiary/aromatic N) is 3. The number of rotatable bonds is 7. The summed E-state index contributed by atoms with van der Waals surface area (Å²) in [6.45, 7) is 6.01. The quantitative estimate of drug-likeness (QED) is 0.489. The number of anilines is 1. The number of aromatic nitrogens is 1. The summed E-state index contributed by atoms with van der Waals surface area (Å²) in [5.74, 6) is 1.35. The molecule has 8 nitrogen and oxygen atoms in total. The van der Waals surface area contributed by atoms with E-state index in [1.165, 1.54) is 0 Å². The molecule has 10 heteroatoms. The highest BCUT2D eigenvalue weighted by Gasteiger charge is 2.31. The average molecular weight is 579 g/mol. The second kappa shape index (κ2) is 16.3. The first-order valence-electron chi connectivity index (χ1n) is 13.3. The van der Waals surface area contributed by atoms with Crippen LogP contribution >= 0.6 is 24.8 Å². The van der Waals surface area contributed by atoms with Crippen LogP contribution in [0.15, 0.2) is 54.7 Å². The normalized spacial score (nSPS) is 19.8. The first-order valence-corrected chi connectivity index (χ1v) is 13.3. The van der Waals surface area contributed by atoms with E-state index in [0.717, 1.165) is 42.1 Å². The fourth-order valence-electron chi connectivity index (χ4n) is 5.06. The van der Waals surface area contributed by atoms with Crippen LogP contribution in [-0.2, 0) is 22.6 Å². The highest BCUT2D eigenvalue weighted by atomic mass is 35.5. The predicted molar refractivity (Wildman–Crippen MR) is 160 cm³/mol. The van der Waals surface area contributed by atoms with Crippen molar-refractivity contribution in [3.63, 3.8) is 0 Å². The van der Waals surface area contributed by atoms with Crippen molar-refractivity contribution in [3.8, 4) is 5.75 Å². The van der Waals surface area contributed by atoms with Gasteiger partial charge in [-0.2, -0.15) is 0 Å². The van der Waals surface area contributed by atoms with E-state index < -0.39 is 0 Å². The molecular weight excluding hydrogens is 537 g/mol. The zero-order valence-corrected chi connectivity index (χ0v) is 24.4. The topological polar surface area (TPSA) is 86.8 Å². The number of ether oxygens (including phenoxy) is 1. The number of carbonyl (C=O) groups excluding carboxylic acids is 2. The van der Waals surface area contributed by atoms with Crippen LogP contribution in [0.2, 0.25) is 0 Å². The number of carbonyl (C=O) groups is 2. The van der Waals surface area contributed by atoms with Gasteiger partial charge in [-0.25, -0.2) is 0 Å². The Kier molecular flexibility index (Phi) is 13.6. The molecular formula is C29H41Cl2N5O3. The smallest absolute Gasteiger partial charge is 0.236 e. The molecule has 0 aliphatic carbocycles. The molecule has 4 rings (SSSR count). The van der Waals surface area contributed by atoms with Crippen molar-refractivity contribution in [2.45, 2.75) is 32.7 Å². The molecule has 0 radical (unpaired) electrons. The Labute approximate surface area is 244 Å². The standard InChI is InChI=1S/C29H39N5O3.2ClH/c1-3-31-28(35)18-22-11-15-34-21-23(22)7-6-16-37-27-10-9-26(17-24(27)19-30-20-29(34)36)33(2)14-12-25-8-4-5-13-32-25;;/h4-10,13,17,22-23,30H,3,11-12,14-16,18-21H2,1-2H3,(H,31,35);2*1H/b7-6+;;/t22-,23-;;/m0../s1. The summed E-state index contributed by atoms with van der Waals surface area (Å²) in [6, 6.07) is 12.2. The maximum atomic E-state index is 13.0. The maximum Gasteiger partial charge on any atom is 0.236 e. The number of pyridine rings is 1. The number of benzene rings is 1. The van der Waals surface area contributed by atoms with Crippen molar-refractivity contribution >= 4 is 42.3 Å². The van der Waals surface area contributed by atoms with Gasteiger partial charge in [0.2, 0.25) is 11.8 Å². The van der Waals surface area contributed by atoms with Crippen LogP contribution in [0, 0.1) is 11.8 Å². The molecule has 0 unspecified atom stereocenters. The molecule has 2 bridgehead atoms. The summed E-state index contributed by atoms with van der Waals surface area (Å²) in [7, 11) is 2.08. The van der Waals surface area contributed by atoms with Crippen molar-refractivity contribution in [3.05, 3.63) is 66.0 Å². The lowest BCUT2D eigenvalue weighted by atomic mass is 9.82. The third-order valence-electron chi connectivity index (χ3n) is 7.21. The van der Waals surface area contributed by atoms with Crippen molar-refractivity contribution in [2.75, 3.05) is 51.3 Å². The van der Waals surface area contributed by atoms with Gasteiger partial charge in [0.1, 0.15) is 12.4 Å². The van der Waals surface area contributed by atoms with Crippen LogP contribution in [0.4, 0.5) is 5.69 Å². The molecule has 2 amide bonds. The molecule has 2 N–H and O–H groups in total. The zero-order chi connectivity index (χ0) is 26.0. The Bertz CT molecular complexity index is 1090. The fourth-order valence-corrected chi connectivity index (χ4v) is 5.06. The molecule has 39 heavy (non-hydrogen) atoms. The minimum absolute atomic E-state index is 0. The van der Waals surface area contributed by atoms with E-state index in [4.69, 9.17) is 4.74 Å². The molecule has 2 aromatic rings. The van der Waals surface area contributed by atoms with Crippen molar-refractivity contribution in [2.24, 2.45) is 11.8 Å². The Balaban J connectivity index is 0.00000267. The summed E-state index contributed by atoms with van der Waals surface area (Å²) in [5.41, 5.74) is 3.19. The number of nitrogens with one attached hydrogen (secondary N) is 2. The van der Waals surface area contributed by atoms with Gasteiger partial charge in [0.25, 0.3) is 0 Å². The van der Waals surface area contributed by atoms with Crippen LogP contribution < -0.4 is 20.3 Å². The third kappa shape index (κ3) is 9.41. The van der Waals surface area contributed by atoms with Crippen LogP contribution in [-0.4, -0.2) is 68.1 Å². The first kappa shape index (κ1) is 32.4. The molecule has 2 atom stereocenters. The number of amides is 2. The van der Waals surface area contributed by atoms with E-state index in [1.807, 2.05) is 48.4 Å². The maximum absolute atomic E-state index is 13.0. The van der Waals surface area contributed by atoms with Gasteiger partial charge in [0.05, 0.1) is 6.54 Å². The summed E-state index contributed by atoms with van der Waals surface area (Å²) in [4.78, 5) is 33.8. The summed E-state index contributed by atoms with van der Waals surface area (Å²) in [6.07, 6.45) is 8.17. The van der Waals surface area contributed by atoms with E-state index in [2.05, 4.69) is 45.8 Å². The van der Waals surface area contributed by atoms with Gasteiger partial charge in [-0.1, -0.05) is 18.2 Å². The molecule has 214 valence electrons. The lowest BCUT2D eigenvalue weighted by molar-refractivity contribution is -0.132. The van der Waals surface area contributed by atoms with E-state index in [9.17, 15) is 9.59 Å². The summed E-state index contributed by atoms with van der Waals surface area (Å²) < 4.78 is 6.15. The van der Waals surface area contributed by atoms with Crippen LogP contribution in [0.5, 0.6) is 5.75 Å². The van der Waals surface area contributed by atoms with Gasteiger partial charge >= 0.3 is 0 Å². The fraction of sp³-hybridized carbons (Fsp3) is 0.483. The van der Waals surface area contributed by atoms with Gasteiger partial charge in [-0.15, -0.1) is 24.8 Å². The molecule has 1 saturated heterocycles. The van der Waals surface area contributed by atoms with Crippen LogP contribution in [0.3, 0.4) is 0 Å². The monoisotopic (exact) mass is 577 g/mol. The molecule has 0 saturated carbocycles. The molecule has 1 fully saturated rings. The number of likely N-dealkylation sites (N-methyl/N-ethyl adjacent to an activating group) is 1. The Hall–Kier alpha value is -2.81. The van der Waals surface area contributed by atoms with Gasteiger partial charge in [0.15, 0.2) is 0 Å². The molecule has 2 aliphatic rings. The number of fused-ring (bicyclic) bond motifs is 3. The Morgan fingerprint density at radius 1 is 1.23 bits per heavy atom. The van der Waals surface area contributed by atoms with Crippen LogP contribution in [0.1, 0.15) is 31.0 Å². The molecule has 0 spiro atoms. The van der Waals surface area contributed by atoms with Gasteiger partial charge in [0, 0.05) is 75.8 Å². The predicted octanol–water partition coefficient (Wildman–Crippen LogP) is 3.63.